The van der Waals surface area contributed by atoms with Crippen LogP contribution >= 0.6 is 22.9 Å². The summed E-state index contributed by atoms with van der Waals surface area (Å²) >= 11 is 7.66. The highest BCUT2D eigenvalue weighted by atomic mass is 35.5. The van der Waals surface area contributed by atoms with Gasteiger partial charge in [-0.05, 0) is 48.4 Å². The van der Waals surface area contributed by atoms with Crippen LogP contribution < -0.4 is 0 Å². The van der Waals surface area contributed by atoms with Crippen molar-refractivity contribution in [2.45, 2.75) is 6.92 Å². The SMILES string of the molecule is Cc1ccc2sc(/C=C/c3cccc(Cl)c3)nc2c1. The lowest BCUT2D eigenvalue weighted by Gasteiger charge is -1.92. The molecule has 0 bridgehead atoms. The number of benzene rings is 2. The molecular formula is C16H12ClNS. The molecule has 2 aromatic carbocycles. The molecule has 0 unspecified atom stereocenters. The third-order valence-corrected chi connectivity index (χ3v) is 4.06. The van der Waals surface area contributed by atoms with Gasteiger partial charge in [-0.3, -0.25) is 0 Å². The second-order valence-corrected chi connectivity index (χ2v) is 5.91. The standard InChI is InChI=1S/C16H12ClNS/c1-11-5-7-15-14(9-11)18-16(19-15)8-6-12-3-2-4-13(17)10-12/h2-10H,1H3/b8-6+. The number of nitrogens with zero attached hydrogens (tertiary/aromatic N) is 1. The van der Waals surface area contributed by atoms with Crippen molar-refractivity contribution in [3.63, 3.8) is 0 Å². The van der Waals surface area contributed by atoms with Crippen molar-refractivity contribution in [2.24, 2.45) is 0 Å². The zero-order valence-corrected chi connectivity index (χ0v) is 12.0. The van der Waals surface area contributed by atoms with Crippen LogP contribution in [0.5, 0.6) is 0 Å². The monoisotopic (exact) mass is 285 g/mol. The number of halogens is 1. The maximum absolute atomic E-state index is 5.96. The van der Waals surface area contributed by atoms with Gasteiger partial charge in [-0.25, -0.2) is 4.98 Å². The Morgan fingerprint density at radius 2 is 2.00 bits per heavy atom. The molecule has 19 heavy (non-hydrogen) atoms. The molecule has 0 saturated heterocycles. The molecule has 0 aliphatic rings. The van der Waals surface area contributed by atoms with E-state index in [2.05, 4.69) is 30.1 Å². The predicted octanol–water partition coefficient (Wildman–Crippen LogP) is 5.43. The first-order chi connectivity index (χ1) is 9.20. The molecule has 1 heterocycles. The van der Waals surface area contributed by atoms with E-state index in [9.17, 15) is 0 Å². The van der Waals surface area contributed by atoms with E-state index in [1.54, 1.807) is 11.3 Å². The Morgan fingerprint density at radius 3 is 2.84 bits per heavy atom. The van der Waals surface area contributed by atoms with Crippen LogP contribution in [-0.4, -0.2) is 4.98 Å². The summed E-state index contributed by atoms with van der Waals surface area (Å²) in [5.74, 6) is 0. The quantitative estimate of drug-likeness (QED) is 0.612. The van der Waals surface area contributed by atoms with Gasteiger partial charge in [0.25, 0.3) is 0 Å². The van der Waals surface area contributed by atoms with Gasteiger partial charge < -0.3 is 0 Å². The van der Waals surface area contributed by atoms with E-state index in [1.807, 2.05) is 36.4 Å². The van der Waals surface area contributed by atoms with Gasteiger partial charge >= 0.3 is 0 Å². The summed E-state index contributed by atoms with van der Waals surface area (Å²) in [7, 11) is 0. The van der Waals surface area contributed by atoms with Crippen LogP contribution in [0.2, 0.25) is 5.02 Å². The molecule has 1 nitrogen and oxygen atoms in total. The van der Waals surface area contributed by atoms with Crippen molar-refractivity contribution in [3.8, 4) is 0 Å². The Bertz CT molecular complexity index is 758. The summed E-state index contributed by atoms with van der Waals surface area (Å²) in [6.45, 7) is 2.08. The fourth-order valence-electron chi connectivity index (χ4n) is 1.90. The number of thiazole rings is 1. The Morgan fingerprint density at radius 1 is 1.11 bits per heavy atom. The topological polar surface area (TPSA) is 12.9 Å². The minimum Gasteiger partial charge on any atom is -0.237 e. The van der Waals surface area contributed by atoms with Crippen molar-refractivity contribution < 1.29 is 0 Å². The van der Waals surface area contributed by atoms with Crippen molar-refractivity contribution in [3.05, 3.63) is 63.6 Å². The number of aromatic nitrogens is 1. The minimum atomic E-state index is 0.752. The molecular weight excluding hydrogens is 274 g/mol. The van der Waals surface area contributed by atoms with E-state index >= 15 is 0 Å². The van der Waals surface area contributed by atoms with Gasteiger partial charge in [-0.1, -0.05) is 35.9 Å². The molecule has 0 fully saturated rings. The second-order valence-electron chi connectivity index (χ2n) is 4.41. The number of aryl methyl sites for hydroxylation is 1. The van der Waals surface area contributed by atoms with Gasteiger partial charge in [-0.2, -0.15) is 0 Å². The molecule has 1 aromatic heterocycles. The fraction of sp³-hybridized carbons (Fsp3) is 0.0625. The van der Waals surface area contributed by atoms with Crippen LogP contribution in [-0.2, 0) is 0 Å². The average molecular weight is 286 g/mol. The normalized spacial score (nSPS) is 11.5. The summed E-state index contributed by atoms with van der Waals surface area (Å²) in [5.41, 5.74) is 3.39. The molecule has 3 aromatic rings. The third kappa shape index (κ3) is 2.86. The molecule has 0 radical (unpaired) electrons. The van der Waals surface area contributed by atoms with Crippen molar-refractivity contribution in [2.75, 3.05) is 0 Å². The lowest BCUT2D eigenvalue weighted by Crippen LogP contribution is -1.73. The van der Waals surface area contributed by atoms with E-state index in [4.69, 9.17) is 11.6 Å². The van der Waals surface area contributed by atoms with E-state index in [0.717, 1.165) is 21.1 Å². The maximum atomic E-state index is 5.96. The van der Waals surface area contributed by atoms with Gasteiger partial charge in [0.15, 0.2) is 0 Å². The lowest BCUT2D eigenvalue weighted by molar-refractivity contribution is 1.43. The Kier molecular flexibility index (Phi) is 3.36. The molecule has 0 spiro atoms. The summed E-state index contributed by atoms with van der Waals surface area (Å²) in [5, 5.41) is 1.77. The van der Waals surface area contributed by atoms with Crippen molar-refractivity contribution in [1.29, 1.82) is 0 Å². The molecule has 3 rings (SSSR count). The number of hydrogen-bond acceptors (Lipinski definition) is 2. The number of fused-ring (bicyclic) bond motifs is 1. The van der Waals surface area contributed by atoms with Crippen LogP contribution in [0.1, 0.15) is 16.1 Å². The molecule has 0 N–H and O–H groups in total. The van der Waals surface area contributed by atoms with E-state index in [1.165, 1.54) is 10.3 Å². The first kappa shape index (κ1) is 12.4. The highest BCUT2D eigenvalue weighted by Gasteiger charge is 2.01. The van der Waals surface area contributed by atoms with Gasteiger partial charge in [0.1, 0.15) is 5.01 Å². The van der Waals surface area contributed by atoms with Crippen LogP contribution in [0, 0.1) is 6.92 Å². The van der Waals surface area contributed by atoms with E-state index in [0.29, 0.717) is 0 Å². The molecule has 0 aliphatic heterocycles. The first-order valence-electron chi connectivity index (χ1n) is 6.01. The fourth-order valence-corrected chi connectivity index (χ4v) is 2.95. The van der Waals surface area contributed by atoms with Crippen LogP contribution in [0.25, 0.3) is 22.4 Å². The molecule has 94 valence electrons. The molecule has 0 atom stereocenters. The van der Waals surface area contributed by atoms with Gasteiger partial charge in [0, 0.05) is 5.02 Å². The summed E-state index contributed by atoms with van der Waals surface area (Å²) in [6, 6.07) is 14.1. The largest absolute Gasteiger partial charge is 0.237 e. The molecule has 0 saturated carbocycles. The van der Waals surface area contributed by atoms with Crippen LogP contribution in [0.15, 0.2) is 42.5 Å². The van der Waals surface area contributed by atoms with Gasteiger partial charge in [-0.15, -0.1) is 11.3 Å². The average Bonchev–Trinajstić information content (AvgIpc) is 2.78. The molecule has 3 heteroatoms. The predicted molar refractivity (Wildman–Crippen MR) is 84.7 cm³/mol. The maximum Gasteiger partial charge on any atom is 0.117 e. The molecule has 0 aliphatic carbocycles. The Hall–Kier alpha value is -1.64. The Balaban J connectivity index is 1.92. The summed E-state index contributed by atoms with van der Waals surface area (Å²) in [4.78, 5) is 4.61. The third-order valence-electron chi connectivity index (χ3n) is 2.83. The zero-order valence-electron chi connectivity index (χ0n) is 10.4. The zero-order chi connectivity index (χ0) is 13.2. The minimum absolute atomic E-state index is 0.752. The van der Waals surface area contributed by atoms with Crippen molar-refractivity contribution in [1.82, 2.24) is 4.98 Å². The van der Waals surface area contributed by atoms with Gasteiger partial charge in [0.2, 0.25) is 0 Å². The van der Waals surface area contributed by atoms with E-state index < -0.39 is 0 Å². The number of hydrogen-bond donors (Lipinski definition) is 0. The summed E-state index contributed by atoms with van der Waals surface area (Å²) in [6.07, 6.45) is 4.07. The first-order valence-corrected chi connectivity index (χ1v) is 7.21. The van der Waals surface area contributed by atoms with Crippen LogP contribution in [0.4, 0.5) is 0 Å². The van der Waals surface area contributed by atoms with Crippen LogP contribution in [0.3, 0.4) is 0 Å². The van der Waals surface area contributed by atoms with Gasteiger partial charge in [0.05, 0.1) is 10.2 Å². The highest BCUT2D eigenvalue weighted by Crippen LogP contribution is 2.24. The smallest absolute Gasteiger partial charge is 0.117 e. The second kappa shape index (κ2) is 5.16. The highest BCUT2D eigenvalue weighted by molar-refractivity contribution is 7.19. The Labute approximate surface area is 121 Å². The molecule has 0 amide bonds. The van der Waals surface area contributed by atoms with E-state index in [-0.39, 0.29) is 0 Å². The lowest BCUT2D eigenvalue weighted by atomic mass is 10.2. The summed E-state index contributed by atoms with van der Waals surface area (Å²) < 4.78 is 1.22. The number of rotatable bonds is 2. The van der Waals surface area contributed by atoms with Crippen molar-refractivity contribution >= 4 is 45.3 Å².